The molecule has 4 fully saturated rings. The maximum atomic E-state index is 14.3. The van der Waals surface area contributed by atoms with Crippen LogP contribution in [0.4, 0.5) is 4.79 Å². The average molecular weight is 828 g/mol. The van der Waals surface area contributed by atoms with Gasteiger partial charge in [-0.25, -0.2) is 14.8 Å². The van der Waals surface area contributed by atoms with Gasteiger partial charge in [-0.3, -0.25) is 9.59 Å². The van der Waals surface area contributed by atoms with Gasteiger partial charge in [-0.15, -0.1) is 0 Å². The molecule has 322 valence electrons. The van der Waals surface area contributed by atoms with Gasteiger partial charge in [0.1, 0.15) is 17.7 Å². The van der Waals surface area contributed by atoms with Crippen LogP contribution in [0.3, 0.4) is 0 Å². The first kappa shape index (κ1) is 41.1. The van der Waals surface area contributed by atoms with E-state index in [-0.39, 0.29) is 53.1 Å². The number of aromatic amines is 2. The summed E-state index contributed by atoms with van der Waals surface area (Å²) in [4.78, 5) is 61.6. The summed E-state index contributed by atoms with van der Waals surface area (Å²) < 4.78 is 10.9. The molecule has 3 amide bonds. The number of carbonyl (C=O) groups is 3. The summed E-state index contributed by atoms with van der Waals surface area (Å²) in [6, 6.07) is 16.6. The van der Waals surface area contributed by atoms with Crippen molar-refractivity contribution in [2.24, 2.45) is 29.1 Å². The SMILES string of the molecule is COC(=O)N[C@H](C(=O)N1[C@H](c2ncc(-c3ccc4cc5cc(-c6cnc([C@@H]7C[C@@]8(CCCOC8)CN7C(=O)[C@@H](C)C(C)C)[nH]6)ccc5cc4c3)[nH]2)C[C@@H]2CCCC[C@@H]21)C(C)C. The predicted octanol–water partition coefficient (Wildman–Crippen LogP) is 9.35. The minimum absolute atomic E-state index is 0.0228. The van der Waals surface area contributed by atoms with E-state index in [9.17, 15) is 14.4 Å². The Morgan fingerprint density at radius 2 is 1.44 bits per heavy atom. The van der Waals surface area contributed by atoms with Crippen LogP contribution in [0.5, 0.6) is 0 Å². The number of fused-ring (bicyclic) bond motifs is 3. The fraction of sp³-hybridized carbons (Fsp3) is 0.531. The second kappa shape index (κ2) is 16.6. The second-order valence-corrected chi connectivity index (χ2v) is 19.2. The van der Waals surface area contributed by atoms with Gasteiger partial charge in [-0.1, -0.05) is 71.7 Å². The van der Waals surface area contributed by atoms with E-state index in [0.717, 1.165) is 107 Å². The average Bonchev–Trinajstić information content (AvgIpc) is 4.09. The number of methoxy groups -OCH3 is 1. The normalized spacial score (nSPS) is 25.1. The van der Waals surface area contributed by atoms with E-state index in [1.807, 2.05) is 38.1 Å². The molecule has 1 saturated carbocycles. The molecular formula is C49H61N7O5. The lowest BCUT2D eigenvalue weighted by molar-refractivity contribution is -0.139. The van der Waals surface area contributed by atoms with Crippen molar-refractivity contribution in [1.82, 2.24) is 35.1 Å². The number of nitrogens with zero attached hydrogens (tertiary/aromatic N) is 4. The minimum Gasteiger partial charge on any atom is -0.453 e. The van der Waals surface area contributed by atoms with E-state index in [4.69, 9.17) is 19.4 Å². The molecular weight excluding hydrogens is 767 g/mol. The quantitative estimate of drug-likeness (QED) is 0.126. The third-order valence-corrected chi connectivity index (χ3v) is 14.6. The number of rotatable bonds is 9. The number of amides is 3. The highest BCUT2D eigenvalue weighted by Crippen LogP contribution is 2.49. The Labute approximate surface area is 358 Å². The second-order valence-electron chi connectivity index (χ2n) is 19.2. The monoisotopic (exact) mass is 827 g/mol. The van der Waals surface area contributed by atoms with Crippen LogP contribution in [-0.4, -0.2) is 86.6 Å². The number of likely N-dealkylation sites (tertiary alicyclic amines) is 2. The molecule has 3 N–H and O–H groups in total. The van der Waals surface area contributed by atoms with Gasteiger partial charge >= 0.3 is 6.09 Å². The smallest absolute Gasteiger partial charge is 0.407 e. The van der Waals surface area contributed by atoms with Gasteiger partial charge in [0.05, 0.1) is 49.6 Å². The van der Waals surface area contributed by atoms with E-state index in [0.29, 0.717) is 19.1 Å². The Morgan fingerprint density at radius 1 is 0.803 bits per heavy atom. The molecule has 3 saturated heterocycles. The van der Waals surface area contributed by atoms with Crippen molar-refractivity contribution in [1.29, 1.82) is 0 Å². The number of carbonyl (C=O) groups excluding carboxylic acids is 3. The summed E-state index contributed by atoms with van der Waals surface area (Å²) in [5.74, 6) is 2.26. The molecule has 7 atom stereocenters. The van der Waals surface area contributed by atoms with Gasteiger partial charge in [-0.2, -0.15) is 0 Å². The van der Waals surface area contributed by atoms with Gasteiger partial charge in [0.25, 0.3) is 0 Å². The van der Waals surface area contributed by atoms with Crippen molar-refractivity contribution in [3.05, 3.63) is 72.6 Å². The number of imidazole rings is 2. The third kappa shape index (κ3) is 7.81. The Balaban J connectivity index is 0.959. The molecule has 1 spiro atoms. The highest BCUT2D eigenvalue weighted by atomic mass is 16.5. The topological polar surface area (TPSA) is 146 Å². The van der Waals surface area contributed by atoms with Crippen molar-refractivity contribution in [3.8, 4) is 22.5 Å². The summed E-state index contributed by atoms with van der Waals surface area (Å²) in [6.07, 6.45) is 11.3. The Morgan fingerprint density at radius 3 is 2.03 bits per heavy atom. The molecule has 12 nitrogen and oxygen atoms in total. The first-order valence-electron chi connectivity index (χ1n) is 22.5. The molecule has 5 aromatic rings. The number of hydrogen-bond donors (Lipinski definition) is 3. The molecule has 5 heterocycles. The van der Waals surface area contributed by atoms with E-state index in [1.165, 1.54) is 13.5 Å². The van der Waals surface area contributed by atoms with E-state index < -0.39 is 12.1 Å². The summed E-state index contributed by atoms with van der Waals surface area (Å²) in [5, 5.41) is 7.33. The minimum atomic E-state index is -0.684. The van der Waals surface area contributed by atoms with Crippen LogP contribution in [0.15, 0.2) is 60.9 Å². The number of ether oxygens (including phenoxy) is 2. The van der Waals surface area contributed by atoms with E-state index in [1.54, 1.807) is 0 Å². The van der Waals surface area contributed by atoms with Crippen LogP contribution in [-0.2, 0) is 19.1 Å². The van der Waals surface area contributed by atoms with Crippen molar-refractivity contribution in [3.63, 3.8) is 0 Å². The first-order valence-corrected chi connectivity index (χ1v) is 22.5. The largest absolute Gasteiger partial charge is 0.453 e. The highest BCUT2D eigenvalue weighted by Gasteiger charge is 2.50. The third-order valence-electron chi connectivity index (χ3n) is 14.6. The van der Waals surface area contributed by atoms with Gasteiger partial charge in [0, 0.05) is 41.7 Å². The standard InChI is InChI=1S/C49H61N7O5/c1-28(2)30(5)46(57)55-26-49(16-9-17-61-27-49)23-42(55)45-51-25-39(53-45)34-15-13-32-18-36-20-33(14-12-31(36)19-37(32)21-34)38-24-50-44(52-38)41-22-35-10-7-8-11-40(35)56(41)47(58)43(29(3)4)54-48(59)60-6/h12-15,18-21,24-25,28-30,35,40-43H,7-11,16-17,22-23,26-27H2,1-6H3,(H,50,52)(H,51,53)(H,54,59)/t30-,35-,40-,41-,42-,43-,49-/m0/s1. The number of nitrogens with one attached hydrogen (secondary N) is 3. The molecule has 61 heavy (non-hydrogen) atoms. The molecule has 0 bridgehead atoms. The predicted molar refractivity (Wildman–Crippen MR) is 236 cm³/mol. The summed E-state index contributed by atoms with van der Waals surface area (Å²) in [5.41, 5.74) is 3.89. The van der Waals surface area contributed by atoms with Crippen molar-refractivity contribution in [2.75, 3.05) is 26.9 Å². The van der Waals surface area contributed by atoms with E-state index >= 15 is 0 Å². The maximum absolute atomic E-state index is 14.3. The van der Waals surface area contributed by atoms with Crippen LogP contribution in [0.25, 0.3) is 44.1 Å². The zero-order valence-electron chi connectivity index (χ0n) is 36.5. The van der Waals surface area contributed by atoms with Crippen molar-refractivity contribution >= 4 is 39.5 Å². The van der Waals surface area contributed by atoms with Gasteiger partial charge in [0.2, 0.25) is 11.8 Å². The lowest BCUT2D eigenvalue weighted by Gasteiger charge is -2.36. The Hall–Kier alpha value is -5.23. The van der Waals surface area contributed by atoms with Gasteiger partial charge < -0.3 is 34.6 Å². The molecule has 3 aromatic carbocycles. The molecule has 0 radical (unpaired) electrons. The van der Waals surface area contributed by atoms with E-state index in [2.05, 4.69) is 82.6 Å². The molecule has 3 aliphatic heterocycles. The highest BCUT2D eigenvalue weighted by molar-refractivity contribution is 6.01. The molecule has 1 aliphatic carbocycles. The lowest BCUT2D eigenvalue weighted by Crippen LogP contribution is -2.53. The van der Waals surface area contributed by atoms with Gasteiger partial charge in [-0.05, 0) is 102 Å². The van der Waals surface area contributed by atoms with Crippen LogP contribution < -0.4 is 5.32 Å². The van der Waals surface area contributed by atoms with Crippen LogP contribution in [0.2, 0.25) is 0 Å². The number of aromatic nitrogens is 4. The Kier molecular flexibility index (Phi) is 11.2. The van der Waals surface area contributed by atoms with Crippen LogP contribution in [0.1, 0.15) is 110 Å². The molecule has 9 rings (SSSR count). The zero-order chi connectivity index (χ0) is 42.6. The molecule has 2 aromatic heterocycles. The van der Waals surface area contributed by atoms with Crippen molar-refractivity contribution < 1.29 is 23.9 Å². The fourth-order valence-corrected chi connectivity index (χ4v) is 10.8. The Bertz CT molecular complexity index is 2430. The molecule has 0 unspecified atom stereocenters. The van der Waals surface area contributed by atoms with Crippen LogP contribution in [0, 0.1) is 29.1 Å². The number of benzene rings is 3. The summed E-state index contributed by atoms with van der Waals surface area (Å²) >= 11 is 0. The van der Waals surface area contributed by atoms with Crippen LogP contribution >= 0.6 is 0 Å². The summed E-state index contributed by atoms with van der Waals surface area (Å²) in [6.45, 7) is 12.4. The fourth-order valence-electron chi connectivity index (χ4n) is 10.8. The first-order chi connectivity index (χ1) is 29.4. The lowest BCUT2D eigenvalue weighted by atomic mass is 9.80. The number of H-pyrrole nitrogens is 2. The van der Waals surface area contributed by atoms with Crippen molar-refractivity contribution in [2.45, 2.75) is 110 Å². The molecule has 12 heteroatoms. The number of hydrogen-bond acceptors (Lipinski definition) is 7. The summed E-state index contributed by atoms with van der Waals surface area (Å²) in [7, 11) is 1.33. The number of alkyl carbamates (subject to hydrolysis) is 1. The molecule has 4 aliphatic rings. The maximum Gasteiger partial charge on any atom is 0.407 e. The van der Waals surface area contributed by atoms with Gasteiger partial charge in [0.15, 0.2) is 0 Å². The zero-order valence-corrected chi connectivity index (χ0v) is 36.5.